The molecule has 0 unspecified atom stereocenters. The van der Waals surface area contributed by atoms with Crippen LogP contribution >= 0.6 is 11.6 Å². The number of hydrogen-bond donors (Lipinski definition) is 2. The second kappa shape index (κ2) is 9.57. The Morgan fingerprint density at radius 1 is 1.09 bits per heavy atom. The van der Waals surface area contributed by atoms with Crippen molar-refractivity contribution in [1.29, 1.82) is 0 Å². The van der Waals surface area contributed by atoms with Crippen molar-refractivity contribution in [3.8, 4) is 5.75 Å². The van der Waals surface area contributed by atoms with Crippen molar-refractivity contribution in [2.24, 2.45) is 0 Å². The minimum Gasteiger partial charge on any atom is -0.488 e. The number of benzene rings is 3. The molecular formula is C26H22ClFN2O4. The van der Waals surface area contributed by atoms with E-state index in [1.165, 1.54) is 12.3 Å². The molecule has 0 aliphatic rings. The molecule has 0 saturated heterocycles. The molecule has 0 amide bonds. The molecule has 0 saturated carbocycles. The van der Waals surface area contributed by atoms with Crippen molar-refractivity contribution in [3.63, 3.8) is 0 Å². The summed E-state index contributed by atoms with van der Waals surface area (Å²) in [6.45, 7) is 3.97. The number of carboxylic acids is 1. The smallest absolute Gasteiger partial charge is 0.341 e. The molecule has 0 bridgehead atoms. The second-order valence-electron chi connectivity index (χ2n) is 8.10. The molecule has 1 aromatic heterocycles. The molecule has 3 aromatic carbocycles. The number of nitrogens with one attached hydrogen (secondary N) is 1. The van der Waals surface area contributed by atoms with Gasteiger partial charge < -0.3 is 19.7 Å². The summed E-state index contributed by atoms with van der Waals surface area (Å²) in [5.41, 5.74) is 1.65. The van der Waals surface area contributed by atoms with Gasteiger partial charge in [-0.25, -0.2) is 9.18 Å². The molecule has 0 aliphatic carbocycles. The molecule has 0 atom stereocenters. The molecule has 0 fully saturated rings. The van der Waals surface area contributed by atoms with Gasteiger partial charge in [0, 0.05) is 40.6 Å². The van der Waals surface area contributed by atoms with Crippen molar-refractivity contribution in [3.05, 3.63) is 99.1 Å². The van der Waals surface area contributed by atoms with E-state index in [-0.39, 0.29) is 22.8 Å². The van der Waals surface area contributed by atoms with Crippen molar-refractivity contribution in [2.45, 2.75) is 26.5 Å². The van der Waals surface area contributed by atoms with Crippen LogP contribution < -0.4 is 15.5 Å². The Morgan fingerprint density at radius 3 is 2.41 bits per heavy atom. The van der Waals surface area contributed by atoms with Gasteiger partial charge >= 0.3 is 5.97 Å². The third-order valence-electron chi connectivity index (χ3n) is 5.16. The van der Waals surface area contributed by atoms with Crippen LogP contribution in [0.4, 0.5) is 15.8 Å². The van der Waals surface area contributed by atoms with Crippen LogP contribution in [0.15, 0.2) is 71.7 Å². The maximum Gasteiger partial charge on any atom is 0.341 e. The molecule has 0 spiro atoms. The van der Waals surface area contributed by atoms with Crippen LogP contribution in [-0.4, -0.2) is 21.7 Å². The van der Waals surface area contributed by atoms with Gasteiger partial charge in [0.15, 0.2) is 11.6 Å². The Bertz CT molecular complexity index is 1430. The van der Waals surface area contributed by atoms with Gasteiger partial charge in [-0.3, -0.25) is 4.79 Å². The highest BCUT2D eigenvalue weighted by Crippen LogP contribution is 2.26. The van der Waals surface area contributed by atoms with Gasteiger partial charge in [0.2, 0.25) is 5.43 Å². The lowest BCUT2D eigenvalue weighted by atomic mass is 10.1. The normalized spacial score (nSPS) is 11.1. The van der Waals surface area contributed by atoms with Gasteiger partial charge in [0.1, 0.15) is 5.56 Å². The lowest BCUT2D eigenvalue weighted by Crippen LogP contribution is -2.19. The molecule has 6 nitrogen and oxygen atoms in total. The monoisotopic (exact) mass is 480 g/mol. The predicted molar refractivity (Wildman–Crippen MR) is 131 cm³/mol. The van der Waals surface area contributed by atoms with Gasteiger partial charge in [-0.2, -0.15) is 0 Å². The van der Waals surface area contributed by atoms with Crippen molar-refractivity contribution in [1.82, 2.24) is 4.57 Å². The zero-order valence-corrected chi connectivity index (χ0v) is 19.3. The average Bonchev–Trinajstić information content (AvgIpc) is 2.78. The fraction of sp³-hybridized carbons (Fsp3) is 0.154. The number of aromatic nitrogens is 1. The van der Waals surface area contributed by atoms with Crippen LogP contribution in [0.3, 0.4) is 0 Å². The molecule has 8 heteroatoms. The number of nitrogens with zero attached hydrogens (tertiary/aromatic N) is 1. The second-order valence-corrected chi connectivity index (χ2v) is 8.54. The van der Waals surface area contributed by atoms with Crippen LogP contribution in [0.1, 0.15) is 29.8 Å². The highest BCUT2D eigenvalue weighted by atomic mass is 35.5. The number of aromatic carboxylic acids is 1. The number of carbonyl (C=O) groups is 1. The van der Waals surface area contributed by atoms with E-state index in [1.807, 2.05) is 26.0 Å². The molecule has 34 heavy (non-hydrogen) atoms. The van der Waals surface area contributed by atoms with E-state index in [0.717, 1.165) is 5.56 Å². The summed E-state index contributed by atoms with van der Waals surface area (Å²) < 4.78 is 21.5. The Balaban J connectivity index is 1.75. The number of hydrogen-bond acceptors (Lipinski definition) is 4. The number of ether oxygens (including phenoxy) is 1. The highest BCUT2D eigenvalue weighted by Gasteiger charge is 2.16. The zero-order valence-electron chi connectivity index (χ0n) is 18.5. The summed E-state index contributed by atoms with van der Waals surface area (Å²) in [6, 6.07) is 16.7. The molecule has 0 aliphatic heterocycles. The topological polar surface area (TPSA) is 80.6 Å². The molecule has 0 radical (unpaired) electrons. The Labute approximate surface area is 200 Å². The summed E-state index contributed by atoms with van der Waals surface area (Å²) in [4.78, 5) is 24.4. The third-order valence-corrected chi connectivity index (χ3v) is 5.41. The molecule has 1 heterocycles. The molecule has 174 valence electrons. The van der Waals surface area contributed by atoms with Gasteiger partial charge in [0.25, 0.3) is 0 Å². The number of rotatable bonds is 7. The predicted octanol–water partition coefficient (Wildman–Crippen LogP) is 6.07. The fourth-order valence-corrected chi connectivity index (χ4v) is 3.76. The molecule has 4 rings (SSSR count). The average molecular weight is 481 g/mol. The number of fused-ring (bicyclic) bond motifs is 1. The summed E-state index contributed by atoms with van der Waals surface area (Å²) >= 11 is 5.97. The van der Waals surface area contributed by atoms with E-state index in [9.17, 15) is 19.1 Å². The standard InChI is InChI=1S/C26H22ClFN2O4/c1-15(2)34-24-10-8-18(11-22(24)28)29-19-7-9-20-23(12-19)30(14-21(25(20)31)26(32)33)13-16-3-5-17(27)6-4-16/h3-12,14-15,29H,13H2,1-2H3,(H,32,33). The first-order valence-corrected chi connectivity index (χ1v) is 11.0. The largest absolute Gasteiger partial charge is 0.488 e. The van der Waals surface area contributed by atoms with E-state index >= 15 is 0 Å². The van der Waals surface area contributed by atoms with Crippen LogP contribution in [0.25, 0.3) is 10.9 Å². The maximum absolute atomic E-state index is 14.4. The molecular weight excluding hydrogens is 459 g/mol. The Morgan fingerprint density at radius 2 is 1.76 bits per heavy atom. The van der Waals surface area contributed by atoms with Crippen LogP contribution in [0, 0.1) is 5.82 Å². The number of halogens is 2. The maximum atomic E-state index is 14.4. The van der Waals surface area contributed by atoms with Crippen molar-refractivity contribution in [2.75, 3.05) is 5.32 Å². The van der Waals surface area contributed by atoms with Gasteiger partial charge in [0.05, 0.1) is 11.6 Å². The molecule has 4 aromatic rings. The van der Waals surface area contributed by atoms with Crippen molar-refractivity contribution < 1.29 is 19.0 Å². The first-order valence-electron chi connectivity index (χ1n) is 10.6. The third kappa shape index (κ3) is 5.05. The number of anilines is 2. The zero-order chi connectivity index (χ0) is 24.4. The fourth-order valence-electron chi connectivity index (χ4n) is 3.63. The van der Waals surface area contributed by atoms with E-state index < -0.39 is 17.2 Å². The van der Waals surface area contributed by atoms with Crippen LogP contribution in [0.2, 0.25) is 5.02 Å². The molecule has 2 N–H and O–H groups in total. The lowest BCUT2D eigenvalue weighted by Gasteiger charge is -2.15. The van der Waals surface area contributed by atoms with E-state index in [1.54, 1.807) is 47.0 Å². The summed E-state index contributed by atoms with van der Waals surface area (Å²) in [5.74, 6) is -1.62. The van der Waals surface area contributed by atoms with E-state index in [0.29, 0.717) is 28.5 Å². The van der Waals surface area contributed by atoms with E-state index in [2.05, 4.69) is 5.32 Å². The quantitative estimate of drug-likeness (QED) is 0.335. The summed E-state index contributed by atoms with van der Waals surface area (Å²) in [7, 11) is 0. The first-order chi connectivity index (χ1) is 16.2. The Hall–Kier alpha value is -3.84. The number of pyridine rings is 1. The minimum atomic E-state index is -1.29. The van der Waals surface area contributed by atoms with Crippen LogP contribution in [0.5, 0.6) is 5.75 Å². The summed E-state index contributed by atoms with van der Waals surface area (Å²) in [5, 5.41) is 13.5. The lowest BCUT2D eigenvalue weighted by molar-refractivity contribution is 0.0695. The van der Waals surface area contributed by atoms with Crippen molar-refractivity contribution >= 4 is 39.8 Å². The highest BCUT2D eigenvalue weighted by molar-refractivity contribution is 6.30. The first kappa shape index (κ1) is 23.3. The summed E-state index contributed by atoms with van der Waals surface area (Å²) in [6.07, 6.45) is 1.19. The van der Waals surface area contributed by atoms with Crippen LogP contribution in [-0.2, 0) is 6.54 Å². The van der Waals surface area contributed by atoms with E-state index in [4.69, 9.17) is 16.3 Å². The van der Waals surface area contributed by atoms with Gasteiger partial charge in [-0.1, -0.05) is 23.7 Å². The Kier molecular flexibility index (Phi) is 6.56. The minimum absolute atomic E-state index is 0.151. The SMILES string of the molecule is CC(C)Oc1ccc(Nc2ccc3c(=O)c(C(=O)O)cn(Cc4ccc(Cl)cc4)c3c2)cc1F. The van der Waals surface area contributed by atoms with Gasteiger partial charge in [-0.15, -0.1) is 0 Å². The number of carboxylic acid groups (broad SMARTS) is 1. The van der Waals surface area contributed by atoms with Gasteiger partial charge in [-0.05, 0) is 61.9 Å².